The molecule has 0 bridgehead atoms. The molecule has 1 saturated heterocycles. The number of anilines is 1. The second-order valence-corrected chi connectivity index (χ2v) is 4.66. The van der Waals surface area contributed by atoms with E-state index in [1.54, 1.807) is 0 Å². The molecule has 0 N–H and O–H groups in total. The highest BCUT2D eigenvalue weighted by Crippen LogP contribution is 2.13. The van der Waals surface area contributed by atoms with Gasteiger partial charge in [-0.15, -0.1) is 0 Å². The van der Waals surface area contributed by atoms with Crippen molar-refractivity contribution in [3.63, 3.8) is 0 Å². The largest absolute Gasteiger partial charge is 0.355 e. The molecule has 0 atom stereocenters. The average molecular weight is 219 g/mol. The maximum atomic E-state index is 4.42. The van der Waals surface area contributed by atoms with E-state index in [9.17, 15) is 0 Å². The summed E-state index contributed by atoms with van der Waals surface area (Å²) in [6.07, 6.45) is 3.11. The lowest BCUT2D eigenvalue weighted by atomic mass is 10.3. The molecule has 0 aliphatic carbocycles. The summed E-state index contributed by atoms with van der Waals surface area (Å²) in [7, 11) is 0. The summed E-state index contributed by atoms with van der Waals surface area (Å²) in [5.74, 6) is 1.12. The molecule has 16 heavy (non-hydrogen) atoms. The molecular weight excluding hydrogens is 198 g/mol. The van der Waals surface area contributed by atoms with Gasteiger partial charge in [-0.2, -0.15) is 0 Å². The molecule has 1 fully saturated rings. The highest BCUT2D eigenvalue weighted by Gasteiger charge is 2.17. The fraction of sp³-hybridized carbons (Fsp3) is 0.615. The van der Waals surface area contributed by atoms with Gasteiger partial charge in [0.15, 0.2) is 0 Å². The molecule has 2 rings (SSSR count). The van der Waals surface area contributed by atoms with Gasteiger partial charge in [-0.05, 0) is 32.4 Å². The molecule has 1 aromatic rings. The zero-order valence-corrected chi connectivity index (χ0v) is 10.3. The standard InChI is InChI=1S/C13H21N3/c1-12(2)15-8-5-9-16(11-10-15)13-6-3-4-7-14-13/h3-4,6-7,12H,5,8-11H2,1-2H3. The van der Waals surface area contributed by atoms with Crippen molar-refractivity contribution in [2.75, 3.05) is 31.1 Å². The van der Waals surface area contributed by atoms with Crippen LogP contribution < -0.4 is 4.90 Å². The third-order valence-corrected chi connectivity index (χ3v) is 3.23. The number of rotatable bonds is 2. The van der Waals surface area contributed by atoms with Gasteiger partial charge in [-0.25, -0.2) is 4.98 Å². The number of nitrogens with zero attached hydrogens (tertiary/aromatic N) is 3. The first-order valence-corrected chi connectivity index (χ1v) is 6.17. The number of hydrogen-bond acceptors (Lipinski definition) is 3. The third-order valence-electron chi connectivity index (χ3n) is 3.23. The van der Waals surface area contributed by atoms with Crippen LogP contribution in [0.5, 0.6) is 0 Å². The van der Waals surface area contributed by atoms with Crippen LogP contribution in [0.25, 0.3) is 0 Å². The topological polar surface area (TPSA) is 19.4 Å². The number of aromatic nitrogens is 1. The van der Waals surface area contributed by atoms with Crippen LogP contribution in [0.2, 0.25) is 0 Å². The van der Waals surface area contributed by atoms with Crippen LogP contribution in [0.1, 0.15) is 20.3 Å². The molecule has 1 aromatic heterocycles. The summed E-state index contributed by atoms with van der Waals surface area (Å²) in [5, 5.41) is 0. The summed E-state index contributed by atoms with van der Waals surface area (Å²) in [6.45, 7) is 9.12. The van der Waals surface area contributed by atoms with Crippen molar-refractivity contribution in [3.8, 4) is 0 Å². The van der Waals surface area contributed by atoms with Crippen molar-refractivity contribution in [1.29, 1.82) is 0 Å². The van der Waals surface area contributed by atoms with Crippen LogP contribution in [0.3, 0.4) is 0 Å². The SMILES string of the molecule is CC(C)N1CCCN(c2ccccn2)CC1. The fourth-order valence-electron chi connectivity index (χ4n) is 2.22. The van der Waals surface area contributed by atoms with Gasteiger partial charge in [0, 0.05) is 38.4 Å². The van der Waals surface area contributed by atoms with E-state index >= 15 is 0 Å². The minimum absolute atomic E-state index is 0.656. The first-order valence-electron chi connectivity index (χ1n) is 6.17. The Morgan fingerprint density at radius 3 is 2.69 bits per heavy atom. The van der Waals surface area contributed by atoms with Gasteiger partial charge < -0.3 is 4.90 Å². The van der Waals surface area contributed by atoms with Gasteiger partial charge in [-0.3, -0.25) is 4.90 Å². The first kappa shape index (κ1) is 11.4. The van der Waals surface area contributed by atoms with Crippen molar-refractivity contribution in [3.05, 3.63) is 24.4 Å². The zero-order chi connectivity index (χ0) is 11.4. The Hall–Kier alpha value is -1.09. The molecule has 2 heterocycles. The lowest BCUT2D eigenvalue weighted by molar-refractivity contribution is 0.238. The van der Waals surface area contributed by atoms with Crippen LogP contribution in [-0.4, -0.2) is 42.1 Å². The van der Waals surface area contributed by atoms with E-state index in [1.165, 1.54) is 13.0 Å². The van der Waals surface area contributed by atoms with Crippen LogP contribution in [0.4, 0.5) is 5.82 Å². The summed E-state index contributed by atoms with van der Waals surface area (Å²) in [6, 6.07) is 6.80. The van der Waals surface area contributed by atoms with E-state index < -0.39 is 0 Å². The van der Waals surface area contributed by atoms with Crippen molar-refractivity contribution < 1.29 is 0 Å². The third kappa shape index (κ3) is 2.73. The minimum atomic E-state index is 0.656. The van der Waals surface area contributed by atoms with Gasteiger partial charge in [0.05, 0.1) is 0 Å². The lowest BCUT2D eigenvalue weighted by Gasteiger charge is -2.25. The molecule has 0 spiro atoms. The molecule has 1 aliphatic heterocycles. The maximum absolute atomic E-state index is 4.42. The lowest BCUT2D eigenvalue weighted by Crippen LogP contribution is -2.35. The normalized spacial score (nSPS) is 18.8. The second kappa shape index (κ2) is 5.30. The Labute approximate surface area is 98.1 Å². The van der Waals surface area contributed by atoms with Gasteiger partial charge >= 0.3 is 0 Å². The van der Waals surface area contributed by atoms with Gasteiger partial charge in [0.1, 0.15) is 5.82 Å². The first-order chi connectivity index (χ1) is 7.77. The molecule has 1 aliphatic rings. The molecule has 88 valence electrons. The summed E-state index contributed by atoms with van der Waals surface area (Å²) < 4.78 is 0. The van der Waals surface area contributed by atoms with Crippen molar-refractivity contribution in [1.82, 2.24) is 9.88 Å². The van der Waals surface area contributed by atoms with E-state index in [-0.39, 0.29) is 0 Å². The zero-order valence-electron chi connectivity index (χ0n) is 10.3. The van der Waals surface area contributed by atoms with Crippen LogP contribution >= 0.6 is 0 Å². The monoisotopic (exact) mass is 219 g/mol. The van der Waals surface area contributed by atoms with E-state index in [1.807, 2.05) is 12.3 Å². The molecule has 0 aromatic carbocycles. The van der Waals surface area contributed by atoms with Gasteiger partial charge in [0.2, 0.25) is 0 Å². The molecule has 0 unspecified atom stereocenters. The molecular formula is C13H21N3. The Bertz CT molecular complexity index is 310. The predicted molar refractivity (Wildman–Crippen MR) is 67.8 cm³/mol. The quantitative estimate of drug-likeness (QED) is 0.758. The summed E-state index contributed by atoms with van der Waals surface area (Å²) in [4.78, 5) is 9.36. The average Bonchev–Trinajstić information content (AvgIpc) is 2.55. The molecule has 0 amide bonds. The van der Waals surface area contributed by atoms with Crippen molar-refractivity contribution in [2.24, 2.45) is 0 Å². The smallest absolute Gasteiger partial charge is 0.128 e. The summed E-state index contributed by atoms with van der Waals surface area (Å²) in [5.41, 5.74) is 0. The van der Waals surface area contributed by atoms with E-state index in [2.05, 4.69) is 40.8 Å². The molecule has 0 saturated carbocycles. The number of hydrogen-bond donors (Lipinski definition) is 0. The van der Waals surface area contributed by atoms with Gasteiger partial charge in [-0.1, -0.05) is 6.07 Å². The van der Waals surface area contributed by atoms with Crippen LogP contribution in [0, 0.1) is 0 Å². The summed E-state index contributed by atoms with van der Waals surface area (Å²) >= 11 is 0. The van der Waals surface area contributed by atoms with E-state index in [0.29, 0.717) is 6.04 Å². The Balaban J connectivity index is 1.99. The Morgan fingerprint density at radius 1 is 1.12 bits per heavy atom. The molecule has 3 heteroatoms. The highest BCUT2D eigenvalue weighted by atomic mass is 15.3. The van der Waals surface area contributed by atoms with Crippen molar-refractivity contribution >= 4 is 5.82 Å². The van der Waals surface area contributed by atoms with Crippen LogP contribution in [0.15, 0.2) is 24.4 Å². The van der Waals surface area contributed by atoms with E-state index in [4.69, 9.17) is 0 Å². The van der Waals surface area contributed by atoms with Crippen molar-refractivity contribution in [2.45, 2.75) is 26.3 Å². The fourth-order valence-corrected chi connectivity index (χ4v) is 2.22. The number of pyridine rings is 1. The Morgan fingerprint density at radius 2 is 2.00 bits per heavy atom. The maximum Gasteiger partial charge on any atom is 0.128 e. The van der Waals surface area contributed by atoms with Gasteiger partial charge in [0.25, 0.3) is 0 Å². The highest BCUT2D eigenvalue weighted by molar-refractivity contribution is 5.37. The molecule has 3 nitrogen and oxygen atoms in total. The van der Waals surface area contributed by atoms with Crippen LogP contribution in [-0.2, 0) is 0 Å². The minimum Gasteiger partial charge on any atom is -0.355 e. The second-order valence-electron chi connectivity index (χ2n) is 4.66. The molecule has 0 radical (unpaired) electrons. The predicted octanol–water partition coefficient (Wildman–Crippen LogP) is 2.00. The van der Waals surface area contributed by atoms with E-state index in [0.717, 1.165) is 25.5 Å². The Kier molecular flexibility index (Phi) is 3.78.